The number of hydrogen-bond donors (Lipinski definition) is 1. The smallest absolute Gasteiger partial charge is 0.124 e. The van der Waals surface area contributed by atoms with Crippen molar-refractivity contribution in [1.29, 1.82) is 0 Å². The highest BCUT2D eigenvalue weighted by atomic mass is 15.4. The summed E-state index contributed by atoms with van der Waals surface area (Å²) in [5.74, 6) is 2.12. The molecule has 1 aromatic heterocycles. The molecule has 0 spiro atoms. The maximum atomic E-state index is 4.78. The van der Waals surface area contributed by atoms with E-state index in [1.54, 1.807) is 0 Å². The second-order valence-electron chi connectivity index (χ2n) is 5.50. The van der Waals surface area contributed by atoms with Gasteiger partial charge in [-0.25, -0.2) is 4.68 Å². The molecule has 0 bridgehead atoms. The molecule has 3 nitrogen and oxygen atoms in total. The summed E-state index contributed by atoms with van der Waals surface area (Å²) in [5, 5.41) is 8.27. The van der Waals surface area contributed by atoms with Gasteiger partial charge < -0.3 is 5.32 Å². The number of aromatic nitrogens is 2. The number of rotatable bonds is 2. The van der Waals surface area contributed by atoms with Gasteiger partial charge in [0.05, 0.1) is 11.7 Å². The Morgan fingerprint density at radius 1 is 1.29 bits per heavy atom. The zero-order chi connectivity index (χ0) is 11.7. The van der Waals surface area contributed by atoms with Crippen molar-refractivity contribution in [3.05, 3.63) is 11.8 Å². The Morgan fingerprint density at radius 3 is 2.88 bits per heavy atom. The van der Waals surface area contributed by atoms with Gasteiger partial charge >= 0.3 is 0 Å². The van der Waals surface area contributed by atoms with Crippen LogP contribution in [0.2, 0.25) is 0 Å². The molecule has 1 N–H and O–H groups in total. The van der Waals surface area contributed by atoms with Gasteiger partial charge in [-0.05, 0) is 31.6 Å². The molecule has 1 saturated carbocycles. The number of aryl methyl sites for hydroxylation is 1. The minimum absolute atomic E-state index is 0.659. The van der Waals surface area contributed by atoms with Crippen LogP contribution in [0.1, 0.15) is 57.2 Å². The SMILES string of the molecule is CCc1cc2n(n1)C(C1CCCCC1)CCN2. The zero-order valence-corrected chi connectivity index (χ0v) is 10.8. The molecule has 0 aromatic carbocycles. The number of nitrogens with zero attached hydrogens (tertiary/aromatic N) is 2. The van der Waals surface area contributed by atoms with Crippen molar-refractivity contribution in [3.63, 3.8) is 0 Å². The summed E-state index contributed by atoms with van der Waals surface area (Å²) < 4.78 is 2.29. The monoisotopic (exact) mass is 233 g/mol. The van der Waals surface area contributed by atoms with E-state index in [1.807, 2.05) is 0 Å². The van der Waals surface area contributed by atoms with E-state index in [0.717, 1.165) is 18.9 Å². The first kappa shape index (κ1) is 11.1. The highest BCUT2D eigenvalue weighted by Gasteiger charge is 2.29. The van der Waals surface area contributed by atoms with Crippen LogP contribution in [0.25, 0.3) is 0 Å². The Hall–Kier alpha value is -0.990. The molecular weight excluding hydrogens is 210 g/mol. The van der Waals surface area contributed by atoms with Crippen molar-refractivity contribution in [3.8, 4) is 0 Å². The predicted octanol–water partition coefficient (Wildman–Crippen LogP) is 3.38. The summed E-state index contributed by atoms with van der Waals surface area (Å²) in [6, 6.07) is 2.89. The molecule has 0 radical (unpaired) electrons. The van der Waals surface area contributed by atoms with E-state index in [1.165, 1.54) is 50.0 Å². The lowest BCUT2D eigenvalue weighted by Gasteiger charge is -2.34. The van der Waals surface area contributed by atoms with Gasteiger partial charge in [-0.2, -0.15) is 5.10 Å². The highest BCUT2D eigenvalue weighted by molar-refractivity contribution is 5.39. The van der Waals surface area contributed by atoms with E-state index >= 15 is 0 Å². The molecule has 0 saturated heterocycles. The standard InChI is InChI=1S/C14H23N3/c1-2-12-10-14-15-9-8-13(17(14)16-12)11-6-4-3-5-7-11/h10-11,13,15H,2-9H2,1H3. The summed E-state index contributed by atoms with van der Waals surface area (Å²) in [7, 11) is 0. The molecule has 17 heavy (non-hydrogen) atoms. The Balaban J connectivity index is 1.84. The molecular formula is C14H23N3. The molecule has 2 aliphatic rings. The van der Waals surface area contributed by atoms with Crippen molar-refractivity contribution >= 4 is 5.82 Å². The van der Waals surface area contributed by atoms with Crippen molar-refractivity contribution in [2.45, 2.75) is 57.9 Å². The van der Waals surface area contributed by atoms with Crippen molar-refractivity contribution < 1.29 is 0 Å². The Kier molecular flexibility index (Phi) is 3.08. The normalized spacial score (nSPS) is 25.4. The third-order valence-corrected chi connectivity index (χ3v) is 4.40. The fourth-order valence-corrected chi connectivity index (χ4v) is 3.43. The maximum absolute atomic E-state index is 4.78. The van der Waals surface area contributed by atoms with Crippen LogP contribution in [0.3, 0.4) is 0 Å². The number of hydrogen-bond acceptors (Lipinski definition) is 2. The van der Waals surface area contributed by atoms with Gasteiger partial charge in [0.2, 0.25) is 0 Å². The zero-order valence-electron chi connectivity index (χ0n) is 10.8. The predicted molar refractivity (Wildman–Crippen MR) is 70.3 cm³/mol. The lowest BCUT2D eigenvalue weighted by molar-refractivity contribution is 0.222. The van der Waals surface area contributed by atoms with Gasteiger partial charge in [-0.15, -0.1) is 0 Å². The van der Waals surface area contributed by atoms with Crippen LogP contribution >= 0.6 is 0 Å². The van der Waals surface area contributed by atoms with Crippen LogP contribution < -0.4 is 5.32 Å². The third-order valence-electron chi connectivity index (χ3n) is 4.40. The third kappa shape index (κ3) is 2.07. The first-order valence-corrected chi connectivity index (χ1v) is 7.21. The van der Waals surface area contributed by atoms with E-state index in [-0.39, 0.29) is 0 Å². The van der Waals surface area contributed by atoms with Gasteiger partial charge in [-0.3, -0.25) is 0 Å². The molecule has 1 aromatic rings. The lowest BCUT2D eigenvalue weighted by Crippen LogP contribution is -2.30. The van der Waals surface area contributed by atoms with Crippen LogP contribution in [-0.4, -0.2) is 16.3 Å². The van der Waals surface area contributed by atoms with Gasteiger partial charge in [0.1, 0.15) is 5.82 Å². The van der Waals surface area contributed by atoms with E-state index < -0.39 is 0 Å². The molecule has 3 heteroatoms. The summed E-state index contributed by atoms with van der Waals surface area (Å²) in [6.45, 7) is 3.31. The van der Waals surface area contributed by atoms with E-state index in [0.29, 0.717) is 6.04 Å². The average molecular weight is 233 g/mol. The minimum atomic E-state index is 0.659. The molecule has 94 valence electrons. The second kappa shape index (κ2) is 4.71. The van der Waals surface area contributed by atoms with Crippen LogP contribution in [0.4, 0.5) is 5.82 Å². The second-order valence-corrected chi connectivity index (χ2v) is 5.50. The summed E-state index contributed by atoms with van der Waals surface area (Å²) >= 11 is 0. The van der Waals surface area contributed by atoms with Gasteiger partial charge in [0.25, 0.3) is 0 Å². The van der Waals surface area contributed by atoms with Gasteiger partial charge in [0, 0.05) is 12.6 Å². The average Bonchev–Trinajstić information content (AvgIpc) is 2.82. The summed E-state index contributed by atoms with van der Waals surface area (Å²) in [5.41, 5.74) is 1.23. The minimum Gasteiger partial charge on any atom is -0.370 e. The largest absolute Gasteiger partial charge is 0.370 e. The first-order valence-electron chi connectivity index (χ1n) is 7.21. The fraction of sp³-hybridized carbons (Fsp3) is 0.786. The van der Waals surface area contributed by atoms with Gasteiger partial charge in [-0.1, -0.05) is 26.2 Å². The van der Waals surface area contributed by atoms with E-state index in [4.69, 9.17) is 5.10 Å². The molecule has 1 atom stereocenters. The van der Waals surface area contributed by atoms with E-state index in [9.17, 15) is 0 Å². The molecule has 1 fully saturated rings. The number of fused-ring (bicyclic) bond motifs is 1. The number of anilines is 1. The van der Waals surface area contributed by atoms with Crippen molar-refractivity contribution in [2.24, 2.45) is 5.92 Å². The molecule has 3 rings (SSSR count). The van der Waals surface area contributed by atoms with Crippen LogP contribution in [0.5, 0.6) is 0 Å². The topological polar surface area (TPSA) is 29.9 Å². The maximum Gasteiger partial charge on any atom is 0.124 e. The van der Waals surface area contributed by atoms with Crippen LogP contribution in [0.15, 0.2) is 6.07 Å². The summed E-state index contributed by atoms with van der Waals surface area (Å²) in [6.07, 6.45) is 9.39. The number of nitrogens with one attached hydrogen (secondary N) is 1. The first-order chi connectivity index (χ1) is 8.38. The molecule has 1 aliphatic heterocycles. The molecule has 2 heterocycles. The fourth-order valence-electron chi connectivity index (χ4n) is 3.43. The quantitative estimate of drug-likeness (QED) is 0.848. The Labute approximate surface area is 104 Å². The lowest BCUT2D eigenvalue weighted by atomic mass is 9.82. The van der Waals surface area contributed by atoms with Crippen LogP contribution in [0, 0.1) is 5.92 Å². The van der Waals surface area contributed by atoms with Crippen molar-refractivity contribution in [1.82, 2.24) is 9.78 Å². The highest BCUT2D eigenvalue weighted by Crippen LogP contribution is 2.38. The van der Waals surface area contributed by atoms with Crippen molar-refractivity contribution in [2.75, 3.05) is 11.9 Å². The molecule has 1 unspecified atom stereocenters. The molecule has 1 aliphatic carbocycles. The van der Waals surface area contributed by atoms with Crippen LogP contribution in [-0.2, 0) is 6.42 Å². The van der Waals surface area contributed by atoms with E-state index in [2.05, 4.69) is 23.0 Å². The molecule has 0 amide bonds. The Bertz CT molecular complexity index is 377. The van der Waals surface area contributed by atoms with Gasteiger partial charge in [0.15, 0.2) is 0 Å². The summed E-state index contributed by atoms with van der Waals surface area (Å²) in [4.78, 5) is 0. The Morgan fingerprint density at radius 2 is 2.12 bits per heavy atom.